The number of para-hydroxylation sites is 1. The summed E-state index contributed by atoms with van der Waals surface area (Å²) in [5.41, 5.74) is 2.72. The molecule has 0 bridgehead atoms. The summed E-state index contributed by atoms with van der Waals surface area (Å²) in [5.74, 6) is 1.41. The lowest BCUT2D eigenvalue weighted by Crippen LogP contribution is -2.19. The standard InChI is InChI=1S/C30H20FN3O2/c31-22-10-14-25(15-11-22)36-26-16-12-24(13-17-26)34-29(20-6-2-1-3-7-20)33-28(30(34)35)19-23-18-21-8-4-5-9-27(21)32-23/h1-19,35H/b23-19-. The number of hydrogen-bond donors (Lipinski definition) is 1. The Morgan fingerprint density at radius 2 is 1.44 bits per heavy atom. The number of fused-ring (bicyclic) bond motifs is 1. The van der Waals surface area contributed by atoms with Crippen molar-refractivity contribution in [3.8, 4) is 34.5 Å². The molecule has 4 aromatic carbocycles. The van der Waals surface area contributed by atoms with E-state index >= 15 is 0 Å². The molecule has 1 aliphatic rings. The highest BCUT2D eigenvalue weighted by molar-refractivity contribution is 5.71. The lowest BCUT2D eigenvalue weighted by Gasteiger charge is -2.11. The van der Waals surface area contributed by atoms with Crippen LogP contribution in [0.3, 0.4) is 0 Å². The van der Waals surface area contributed by atoms with Crippen LogP contribution in [-0.4, -0.2) is 14.7 Å². The fraction of sp³-hybridized carbons (Fsp3) is 0. The van der Waals surface area contributed by atoms with E-state index in [9.17, 15) is 9.50 Å². The van der Waals surface area contributed by atoms with Crippen LogP contribution in [0.4, 0.5) is 4.39 Å². The number of benzene rings is 4. The zero-order chi connectivity index (χ0) is 24.5. The van der Waals surface area contributed by atoms with Crippen LogP contribution in [0.25, 0.3) is 29.2 Å². The van der Waals surface area contributed by atoms with Crippen LogP contribution in [0.5, 0.6) is 17.4 Å². The second-order valence-electron chi connectivity index (χ2n) is 8.28. The van der Waals surface area contributed by atoms with Gasteiger partial charge in [-0.1, -0.05) is 48.5 Å². The molecule has 1 aromatic heterocycles. The number of aromatic nitrogens is 2. The Kier molecular flexibility index (Phi) is 5.39. The van der Waals surface area contributed by atoms with E-state index in [2.05, 4.69) is 4.99 Å². The molecule has 36 heavy (non-hydrogen) atoms. The molecule has 6 heteroatoms. The zero-order valence-electron chi connectivity index (χ0n) is 19.0. The van der Waals surface area contributed by atoms with E-state index in [0.29, 0.717) is 28.7 Å². The summed E-state index contributed by atoms with van der Waals surface area (Å²) >= 11 is 0. The Balaban J connectivity index is 1.40. The lowest BCUT2D eigenvalue weighted by atomic mass is 10.2. The van der Waals surface area contributed by atoms with Crippen molar-refractivity contribution >= 4 is 12.2 Å². The van der Waals surface area contributed by atoms with Gasteiger partial charge in [0.05, 0.1) is 16.7 Å². The summed E-state index contributed by atoms with van der Waals surface area (Å²) in [7, 11) is 0. The van der Waals surface area contributed by atoms with Gasteiger partial charge in [-0.2, -0.15) is 0 Å². The van der Waals surface area contributed by atoms with Gasteiger partial charge in [0.1, 0.15) is 28.8 Å². The summed E-state index contributed by atoms with van der Waals surface area (Å²) in [4.78, 5) is 9.41. The maximum Gasteiger partial charge on any atom is 0.224 e. The fourth-order valence-corrected chi connectivity index (χ4v) is 4.11. The minimum atomic E-state index is -0.320. The predicted molar refractivity (Wildman–Crippen MR) is 137 cm³/mol. The van der Waals surface area contributed by atoms with E-state index in [1.165, 1.54) is 12.1 Å². The largest absolute Gasteiger partial charge is 0.493 e. The third-order valence-corrected chi connectivity index (χ3v) is 5.83. The van der Waals surface area contributed by atoms with Crippen LogP contribution in [-0.2, 0) is 0 Å². The molecule has 174 valence electrons. The molecule has 1 aliphatic heterocycles. The maximum atomic E-state index is 13.2. The molecule has 0 atom stereocenters. The molecule has 0 spiro atoms. The minimum Gasteiger partial charge on any atom is -0.493 e. The van der Waals surface area contributed by atoms with E-state index < -0.39 is 0 Å². The quantitative estimate of drug-likeness (QED) is 0.360. The maximum absolute atomic E-state index is 13.2. The Labute approximate surface area is 206 Å². The Hall–Kier alpha value is -4.97. The summed E-state index contributed by atoms with van der Waals surface area (Å²) in [6.07, 6.45) is 3.75. The van der Waals surface area contributed by atoms with Crippen molar-refractivity contribution in [1.29, 1.82) is 0 Å². The topological polar surface area (TPSA) is 59.6 Å². The van der Waals surface area contributed by atoms with E-state index in [4.69, 9.17) is 9.72 Å². The van der Waals surface area contributed by atoms with Gasteiger partial charge in [0, 0.05) is 10.8 Å². The molecular weight excluding hydrogens is 453 g/mol. The fourth-order valence-electron chi connectivity index (χ4n) is 4.11. The monoisotopic (exact) mass is 473 g/mol. The molecule has 0 amide bonds. The van der Waals surface area contributed by atoms with Crippen molar-refractivity contribution in [3.05, 3.63) is 131 Å². The molecule has 0 radical (unpaired) electrons. The van der Waals surface area contributed by atoms with Gasteiger partial charge in [-0.3, -0.25) is 4.57 Å². The van der Waals surface area contributed by atoms with Crippen LogP contribution < -0.4 is 15.3 Å². The van der Waals surface area contributed by atoms with Crippen molar-refractivity contribution in [2.75, 3.05) is 0 Å². The van der Waals surface area contributed by atoms with Gasteiger partial charge in [0.2, 0.25) is 5.88 Å². The molecule has 0 saturated carbocycles. The Bertz CT molecular complexity index is 1670. The van der Waals surface area contributed by atoms with Gasteiger partial charge < -0.3 is 9.84 Å². The average Bonchev–Trinajstić information content (AvgIpc) is 3.47. The van der Waals surface area contributed by atoms with Gasteiger partial charge in [-0.15, -0.1) is 0 Å². The highest BCUT2D eigenvalue weighted by Gasteiger charge is 2.19. The molecule has 6 rings (SSSR count). The highest BCUT2D eigenvalue weighted by atomic mass is 19.1. The first-order valence-corrected chi connectivity index (χ1v) is 11.4. The second-order valence-corrected chi connectivity index (χ2v) is 8.28. The van der Waals surface area contributed by atoms with Gasteiger partial charge in [0.15, 0.2) is 0 Å². The van der Waals surface area contributed by atoms with Gasteiger partial charge >= 0.3 is 0 Å². The van der Waals surface area contributed by atoms with Crippen molar-refractivity contribution in [1.82, 2.24) is 9.55 Å². The average molecular weight is 474 g/mol. The van der Waals surface area contributed by atoms with Gasteiger partial charge in [0.25, 0.3) is 0 Å². The predicted octanol–water partition coefficient (Wildman–Crippen LogP) is 5.63. The summed E-state index contributed by atoms with van der Waals surface area (Å²) in [6, 6.07) is 30.7. The number of rotatable bonds is 5. The van der Waals surface area contributed by atoms with Crippen LogP contribution in [0.15, 0.2) is 114 Å². The number of aromatic hydroxyl groups is 1. The third kappa shape index (κ3) is 4.16. The summed E-state index contributed by atoms with van der Waals surface area (Å²) < 4.78 is 20.7. The first kappa shape index (κ1) is 21.6. The van der Waals surface area contributed by atoms with Crippen molar-refractivity contribution in [2.45, 2.75) is 0 Å². The van der Waals surface area contributed by atoms with Crippen LogP contribution >= 0.6 is 0 Å². The summed E-state index contributed by atoms with van der Waals surface area (Å²) in [6.45, 7) is 0. The number of ether oxygens (including phenoxy) is 1. The van der Waals surface area contributed by atoms with E-state index in [0.717, 1.165) is 21.8 Å². The highest BCUT2D eigenvalue weighted by Crippen LogP contribution is 2.33. The van der Waals surface area contributed by atoms with E-state index in [1.54, 1.807) is 34.9 Å². The molecule has 0 fully saturated rings. The van der Waals surface area contributed by atoms with Crippen LogP contribution in [0.2, 0.25) is 0 Å². The van der Waals surface area contributed by atoms with Gasteiger partial charge in [-0.25, -0.2) is 14.4 Å². The van der Waals surface area contributed by atoms with Crippen LogP contribution in [0, 0.1) is 5.82 Å². The number of nitrogens with zero attached hydrogens (tertiary/aromatic N) is 3. The number of allylic oxidation sites excluding steroid dienone is 1. The van der Waals surface area contributed by atoms with Crippen molar-refractivity contribution in [2.24, 2.45) is 4.99 Å². The molecular formula is C30H20FN3O2. The molecule has 5 nitrogen and oxygen atoms in total. The first-order valence-electron chi connectivity index (χ1n) is 11.4. The normalized spacial score (nSPS) is 13.2. The lowest BCUT2D eigenvalue weighted by molar-refractivity contribution is 0.441. The third-order valence-electron chi connectivity index (χ3n) is 5.83. The molecule has 0 aliphatic carbocycles. The number of halogens is 1. The molecule has 0 unspecified atom stereocenters. The van der Waals surface area contributed by atoms with Crippen molar-refractivity contribution in [3.63, 3.8) is 0 Å². The Morgan fingerprint density at radius 3 is 2.17 bits per heavy atom. The molecule has 1 N–H and O–H groups in total. The molecule has 0 saturated heterocycles. The smallest absolute Gasteiger partial charge is 0.224 e. The summed E-state index contributed by atoms with van der Waals surface area (Å²) in [5, 5.41) is 13.2. The SMILES string of the molecule is Oc1c(/C=C2/C=c3ccccc3=N2)nc(-c2ccccc2)n1-c1ccc(Oc2ccc(F)cc2)cc1. The van der Waals surface area contributed by atoms with Gasteiger partial charge in [-0.05, 0) is 66.7 Å². The van der Waals surface area contributed by atoms with E-state index in [1.807, 2.05) is 72.8 Å². The second kappa shape index (κ2) is 9.00. The number of imidazole rings is 1. The molecule has 2 heterocycles. The number of hydrogen-bond acceptors (Lipinski definition) is 4. The Morgan fingerprint density at radius 1 is 0.778 bits per heavy atom. The van der Waals surface area contributed by atoms with Crippen LogP contribution in [0.1, 0.15) is 5.69 Å². The first-order chi connectivity index (χ1) is 17.6. The molecule has 5 aromatic rings. The minimum absolute atomic E-state index is 0.00751. The van der Waals surface area contributed by atoms with Crippen molar-refractivity contribution < 1.29 is 14.2 Å². The van der Waals surface area contributed by atoms with E-state index in [-0.39, 0.29) is 11.7 Å². The zero-order valence-corrected chi connectivity index (χ0v) is 19.0.